The van der Waals surface area contributed by atoms with Crippen LogP contribution < -0.4 is 5.32 Å². The standard InChI is InChI=1S/C19H19BrN4OS/c1-12(25)24-8-6-15(7-9-24)23-19-18-16(21-11-22-19)10-17(26-18)13-2-4-14(20)5-3-13/h2-5,10-11,15H,6-9H2,1H3,(H,21,22,23). The van der Waals surface area contributed by atoms with Crippen molar-refractivity contribution in [3.05, 3.63) is 41.1 Å². The largest absolute Gasteiger partial charge is 0.366 e. The summed E-state index contributed by atoms with van der Waals surface area (Å²) in [6, 6.07) is 10.8. The number of carbonyl (C=O) groups is 1. The summed E-state index contributed by atoms with van der Waals surface area (Å²) in [6.07, 6.45) is 3.50. The van der Waals surface area contributed by atoms with Crippen molar-refractivity contribution in [3.8, 4) is 10.4 Å². The number of hydrogen-bond donors (Lipinski definition) is 1. The molecule has 0 aliphatic carbocycles. The maximum atomic E-state index is 11.5. The van der Waals surface area contributed by atoms with Gasteiger partial charge in [-0.15, -0.1) is 11.3 Å². The van der Waals surface area contributed by atoms with Crippen LogP contribution in [0.4, 0.5) is 5.82 Å². The molecule has 0 spiro atoms. The Morgan fingerprint density at radius 1 is 1.23 bits per heavy atom. The molecule has 5 nitrogen and oxygen atoms in total. The van der Waals surface area contributed by atoms with Gasteiger partial charge in [-0.25, -0.2) is 9.97 Å². The van der Waals surface area contributed by atoms with Crippen LogP contribution in [0.2, 0.25) is 0 Å². The molecule has 0 unspecified atom stereocenters. The number of halogens is 1. The van der Waals surface area contributed by atoms with Crippen molar-refractivity contribution in [2.24, 2.45) is 0 Å². The van der Waals surface area contributed by atoms with Gasteiger partial charge in [-0.1, -0.05) is 28.1 Å². The molecule has 1 amide bonds. The average Bonchev–Trinajstić information content (AvgIpc) is 3.08. The van der Waals surface area contributed by atoms with Crippen molar-refractivity contribution in [1.29, 1.82) is 0 Å². The van der Waals surface area contributed by atoms with Crippen LogP contribution in [0.3, 0.4) is 0 Å². The van der Waals surface area contributed by atoms with E-state index in [9.17, 15) is 4.79 Å². The van der Waals surface area contributed by atoms with Gasteiger partial charge in [0.1, 0.15) is 12.1 Å². The molecule has 1 aliphatic rings. The van der Waals surface area contributed by atoms with Crippen LogP contribution in [0.1, 0.15) is 19.8 Å². The lowest BCUT2D eigenvalue weighted by Crippen LogP contribution is -2.41. The van der Waals surface area contributed by atoms with Crippen molar-refractivity contribution >= 4 is 49.2 Å². The monoisotopic (exact) mass is 430 g/mol. The Labute approximate surface area is 164 Å². The molecule has 1 N–H and O–H groups in total. The first-order valence-electron chi connectivity index (χ1n) is 8.62. The fraction of sp³-hybridized carbons (Fsp3) is 0.316. The molecule has 26 heavy (non-hydrogen) atoms. The summed E-state index contributed by atoms with van der Waals surface area (Å²) >= 11 is 5.19. The van der Waals surface area contributed by atoms with E-state index in [4.69, 9.17) is 0 Å². The normalized spacial score (nSPS) is 15.4. The molecular formula is C19H19BrN4OS. The molecule has 1 saturated heterocycles. The van der Waals surface area contributed by atoms with E-state index in [2.05, 4.69) is 49.4 Å². The molecular weight excluding hydrogens is 412 g/mol. The van der Waals surface area contributed by atoms with Gasteiger partial charge in [0.15, 0.2) is 0 Å². The van der Waals surface area contributed by atoms with E-state index in [1.807, 2.05) is 17.0 Å². The number of rotatable bonds is 3. The van der Waals surface area contributed by atoms with Crippen LogP contribution in [0.15, 0.2) is 41.1 Å². The number of fused-ring (bicyclic) bond motifs is 1. The van der Waals surface area contributed by atoms with Crippen molar-refractivity contribution in [2.45, 2.75) is 25.8 Å². The number of nitrogens with zero attached hydrogens (tertiary/aromatic N) is 3. The highest BCUT2D eigenvalue weighted by Crippen LogP contribution is 2.36. The number of thiophene rings is 1. The molecule has 0 atom stereocenters. The number of likely N-dealkylation sites (tertiary alicyclic amines) is 1. The Hall–Kier alpha value is -1.99. The van der Waals surface area contributed by atoms with Crippen molar-refractivity contribution in [1.82, 2.24) is 14.9 Å². The molecule has 0 saturated carbocycles. The lowest BCUT2D eigenvalue weighted by molar-refractivity contribution is -0.129. The Kier molecular flexibility index (Phi) is 4.91. The van der Waals surface area contributed by atoms with Gasteiger partial charge >= 0.3 is 0 Å². The van der Waals surface area contributed by atoms with Crippen LogP contribution in [0.5, 0.6) is 0 Å². The third kappa shape index (κ3) is 3.59. The Balaban J connectivity index is 1.56. The highest BCUT2D eigenvalue weighted by atomic mass is 79.9. The molecule has 1 fully saturated rings. The lowest BCUT2D eigenvalue weighted by Gasteiger charge is -2.31. The number of nitrogens with one attached hydrogen (secondary N) is 1. The summed E-state index contributed by atoms with van der Waals surface area (Å²) in [7, 11) is 0. The third-order valence-electron chi connectivity index (χ3n) is 4.72. The van der Waals surface area contributed by atoms with Crippen LogP contribution in [0, 0.1) is 0 Å². The van der Waals surface area contributed by atoms with E-state index in [0.717, 1.165) is 46.4 Å². The molecule has 0 bridgehead atoms. The molecule has 1 aliphatic heterocycles. The van der Waals surface area contributed by atoms with Crippen LogP contribution in [-0.4, -0.2) is 39.9 Å². The third-order valence-corrected chi connectivity index (χ3v) is 6.43. The van der Waals surface area contributed by atoms with Crippen LogP contribution in [-0.2, 0) is 4.79 Å². The maximum absolute atomic E-state index is 11.5. The van der Waals surface area contributed by atoms with Gasteiger partial charge in [-0.05, 0) is 36.6 Å². The predicted octanol–water partition coefficient (Wildman–Crippen LogP) is 4.54. The van der Waals surface area contributed by atoms with Crippen LogP contribution in [0.25, 0.3) is 20.7 Å². The fourth-order valence-corrected chi connectivity index (χ4v) is 4.58. The summed E-state index contributed by atoms with van der Waals surface area (Å²) in [6.45, 7) is 3.24. The van der Waals surface area contributed by atoms with Crippen LogP contribution >= 0.6 is 27.3 Å². The lowest BCUT2D eigenvalue weighted by atomic mass is 10.1. The van der Waals surface area contributed by atoms with Crippen molar-refractivity contribution < 1.29 is 4.79 Å². The fourth-order valence-electron chi connectivity index (χ4n) is 3.25. The Morgan fingerprint density at radius 3 is 2.65 bits per heavy atom. The zero-order valence-corrected chi connectivity index (χ0v) is 16.8. The van der Waals surface area contributed by atoms with E-state index >= 15 is 0 Å². The minimum atomic E-state index is 0.158. The quantitative estimate of drug-likeness (QED) is 0.662. The average molecular weight is 431 g/mol. The second-order valence-electron chi connectivity index (χ2n) is 6.48. The molecule has 3 aromatic rings. The molecule has 4 rings (SSSR count). The number of benzene rings is 1. The zero-order chi connectivity index (χ0) is 18.1. The van der Waals surface area contributed by atoms with Gasteiger partial charge in [0.2, 0.25) is 5.91 Å². The van der Waals surface area contributed by atoms with Gasteiger partial charge in [0.25, 0.3) is 0 Å². The topological polar surface area (TPSA) is 58.1 Å². The first-order chi connectivity index (χ1) is 12.6. The van der Waals surface area contributed by atoms with Crippen molar-refractivity contribution in [3.63, 3.8) is 0 Å². The van der Waals surface area contributed by atoms with Gasteiger partial charge in [-0.3, -0.25) is 4.79 Å². The number of hydrogen-bond acceptors (Lipinski definition) is 5. The SMILES string of the molecule is CC(=O)N1CCC(Nc2ncnc3cc(-c4ccc(Br)cc4)sc23)CC1. The van der Waals surface area contributed by atoms with E-state index in [0.29, 0.717) is 6.04 Å². The summed E-state index contributed by atoms with van der Waals surface area (Å²) in [5.74, 6) is 1.05. The maximum Gasteiger partial charge on any atom is 0.219 e. The summed E-state index contributed by atoms with van der Waals surface area (Å²) < 4.78 is 2.15. The van der Waals surface area contributed by atoms with E-state index in [1.165, 1.54) is 10.4 Å². The smallest absolute Gasteiger partial charge is 0.219 e. The van der Waals surface area contributed by atoms with E-state index in [-0.39, 0.29) is 5.91 Å². The van der Waals surface area contributed by atoms with Gasteiger partial charge in [0, 0.05) is 35.4 Å². The number of amides is 1. The Bertz CT molecular complexity index is 932. The first kappa shape index (κ1) is 17.4. The highest BCUT2D eigenvalue weighted by molar-refractivity contribution is 9.10. The number of piperidine rings is 1. The second-order valence-corrected chi connectivity index (χ2v) is 8.45. The van der Waals surface area contributed by atoms with E-state index in [1.54, 1.807) is 24.6 Å². The van der Waals surface area contributed by atoms with Gasteiger partial charge < -0.3 is 10.2 Å². The number of anilines is 1. The molecule has 1 aromatic carbocycles. The number of carbonyl (C=O) groups excluding carboxylic acids is 1. The summed E-state index contributed by atoms with van der Waals surface area (Å²) in [5.41, 5.74) is 2.14. The molecule has 7 heteroatoms. The molecule has 2 aromatic heterocycles. The number of aromatic nitrogens is 2. The van der Waals surface area contributed by atoms with Gasteiger partial charge in [-0.2, -0.15) is 0 Å². The van der Waals surface area contributed by atoms with E-state index < -0.39 is 0 Å². The molecule has 134 valence electrons. The second kappa shape index (κ2) is 7.32. The zero-order valence-electron chi connectivity index (χ0n) is 14.4. The predicted molar refractivity (Wildman–Crippen MR) is 109 cm³/mol. The highest BCUT2D eigenvalue weighted by Gasteiger charge is 2.22. The molecule has 0 radical (unpaired) electrons. The summed E-state index contributed by atoms with van der Waals surface area (Å²) in [5, 5.41) is 3.57. The minimum Gasteiger partial charge on any atom is -0.366 e. The Morgan fingerprint density at radius 2 is 1.96 bits per heavy atom. The van der Waals surface area contributed by atoms with Gasteiger partial charge in [0.05, 0.1) is 10.2 Å². The first-order valence-corrected chi connectivity index (χ1v) is 10.2. The summed E-state index contributed by atoms with van der Waals surface area (Å²) in [4.78, 5) is 23.5. The minimum absolute atomic E-state index is 0.158. The molecule has 3 heterocycles. The van der Waals surface area contributed by atoms with Crippen molar-refractivity contribution in [2.75, 3.05) is 18.4 Å².